The summed E-state index contributed by atoms with van der Waals surface area (Å²) in [6.07, 6.45) is 6.43. The van der Waals surface area contributed by atoms with Crippen LogP contribution in [0, 0.1) is 51.8 Å². The lowest BCUT2D eigenvalue weighted by atomic mass is 9.51. The van der Waals surface area contributed by atoms with Crippen LogP contribution in [0.5, 0.6) is 0 Å². The summed E-state index contributed by atoms with van der Waals surface area (Å²) in [6.45, 7) is 35.0. The molecule has 0 aliphatic heterocycles. The van der Waals surface area contributed by atoms with E-state index < -0.39 is 0 Å². The normalized spacial score (nSPS) is 22.1. The molecule has 7 unspecified atom stereocenters. The Labute approximate surface area is 181 Å². The van der Waals surface area contributed by atoms with Crippen molar-refractivity contribution in [3.05, 3.63) is 0 Å². The third-order valence-electron chi connectivity index (χ3n) is 10.8. The van der Waals surface area contributed by atoms with Gasteiger partial charge in [0.2, 0.25) is 0 Å². The van der Waals surface area contributed by atoms with Crippen molar-refractivity contribution in [2.24, 2.45) is 51.8 Å². The third-order valence-corrected chi connectivity index (χ3v) is 10.8. The molecular weight excluding hydrogens is 336 g/mol. The molecule has 0 amide bonds. The molecule has 0 bridgehead atoms. The third kappa shape index (κ3) is 5.57. The fourth-order valence-electron chi connectivity index (χ4n) is 6.24. The number of hydrogen-bond acceptors (Lipinski definition) is 0. The van der Waals surface area contributed by atoms with Gasteiger partial charge >= 0.3 is 0 Å². The van der Waals surface area contributed by atoms with Crippen LogP contribution in [0.2, 0.25) is 0 Å². The second-order valence-corrected chi connectivity index (χ2v) is 11.7. The monoisotopic (exact) mass is 394 g/mol. The summed E-state index contributed by atoms with van der Waals surface area (Å²) in [4.78, 5) is 0. The second kappa shape index (κ2) is 10.9. The van der Waals surface area contributed by atoms with E-state index in [0.29, 0.717) is 16.2 Å². The highest BCUT2D eigenvalue weighted by atomic mass is 14.5. The van der Waals surface area contributed by atoms with Crippen LogP contribution in [-0.2, 0) is 0 Å². The largest absolute Gasteiger partial charge is 0.0651 e. The van der Waals surface area contributed by atoms with Crippen LogP contribution in [0.1, 0.15) is 129 Å². The van der Waals surface area contributed by atoms with E-state index in [0.717, 1.165) is 35.5 Å². The smallest absolute Gasteiger partial charge is 0.0269 e. The standard InChI is InChI=1S/C28H58/c1-15-20(6)28(14,19-5)25(21(7)23(9)26(11,12)16-2)22(8)24(10)27(13,17-3)18-4/h20-25H,15-19H2,1-14H3. The summed E-state index contributed by atoms with van der Waals surface area (Å²) < 4.78 is 0. The van der Waals surface area contributed by atoms with Gasteiger partial charge in [0.15, 0.2) is 0 Å². The molecule has 0 aromatic heterocycles. The van der Waals surface area contributed by atoms with E-state index in [1.807, 2.05) is 0 Å². The second-order valence-electron chi connectivity index (χ2n) is 11.7. The van der Waals surface area contributed by atoms with Crippen molar-refractivity contribution in [1.82, 2.24) is 0 Å². The Morgan fingerprint density at radius 1 is 0.571 bits per heavy atom. The molecule has 0 nitrogen and oxygen atoms in total. The minimum absolute atomic E-state index is 0.405. The van der Waals surface area contributed by atoms with Gasteiger partial charge in [-0.05, 0) is 51.8 Å². The van der Waals surface area contributed by atoms with Crippen LogP contribution in [-0.4, -0.2) is 0 Å². The highest BCUT2D eigenvalue weighted by Gasteiger charge is 2.48. The molecular formula is C28H58. The van der Waals surface area contributed by atoms with Gasteiger partial charge in [0.1, 0.15) is 0 Å². The minimum atomic E-state index is 0.405. The van der Waals surface area contributed by atoms with Crippen LogP contribution in [0.25, 0.3) is 0 Å². The maximum atomic E-state index is 2.63. The maximum absolute atomic E-state index is 2.63. The zero-order valence-corrected chi connectivity index (χ0v) is 22.5. The first-order chi connectivity index (χ1) is 12.7. The molecule has 0 heterocycles. The van der Waals surface area contributed by atoms with Gasteiger partial charge in [0.05, 0.1) is 0 Å². The fraction of sp³-hybridized carbons (Fsp3) is 1.00. The molecule has 7 atom stereocenters. The van der Waals surface area contributed by atoms with Crippen molar-refractivity contribution in [3.63, 3.8) is 0 Å². The summed E-state index contributed by atoms with van der Waals surface area (Å²) >= 11 is 0. The van der Waals surface area contributed by atoms with Gasteiger partial charge in [0.25, 0.3) is 0 Å². The Kier molecular flexibility index (Phi) is 10.9. The van der Waals surface area contributed by atoms with E-state index >= 15 is 0 Å². The van der Waals surface area contributed by atoms with Crippen LogP contribution in [0.4, 0.5) is 0 Å². The van der Waals surface area contributed by atoms with Crippen molar-refractivity contribution in [2.75, 3.05) is 0 Å². The number of rotatable bonds is 13. The average molecular weight is 395 g/mol. The van der Waals surface area contributed by atoms with Gasteiger partial charge in [-0.1, -0.05) is 129 Å². The molecule has 0 spiro atoms. The van der Waals surface area contributed by atoms with Gasteiger partial charge in [-0.25, -0.2) is 0 Å². The van der Waals surface area contributed by atoms with Gasteiger partial charge < -0.3 is 0 Å². The molecule has 0 N–H and O–H groups in total. The molecule has 170 valence electrons. The molecule has 0 aliphatic rings. The summed E-state index contributed by atoms with van der Waals surface area (Å²) in [7, 11) is 0. The summed E-state index contributed by atoms with van der Waals surface area (Å²) in [5, 5.41) is 0. The van der Waals surface area contributed by atoms with E-state index in [1.165, 1.54) is 32.1 Å². The summed E-state index contributed by atoms with van der Waals surface area (Å²) in [5.41, 5.74) is 1.26. The highest BCUT2D eigenvalue weighted by molar-refractivity contribution is 4.97. The van der Waals surface area contributed by atoms with Gasteiger partial charge in [-0.2, -0.15) is 0 Å². The molecule has 28 heavy (non-hydrogen) atoms. The lowest BCUT2D eigenvalue weighted by Crippen LogP contribution is -2.48. The summed E-state index contributed by atoms with van der Waals surface area (Å²) in [5.74, 6) is 4.51. The van der Waals surface area contributed by atoms with Gasteiger partial charge in [0, 0.05) is 0 Å². The minimum Gasteiger partial charge on any atom is -0.0651 e. The Morgan fingerprint density at radius 3 is 1.32 bits per heavy atom. The molecule has 0 heteroatoms. The summed E-state index contributed by atoms with van der Waals surface area (Å²) in [6, 6.07) is 0. The molecule has 0 radical (unpaired) electrons. The predicted octanol–water partition coefficient (Wildman–Crippen LogP) is 9.87. The van der Waals surface area contributed by atoms with Crippen LogP contribution in [0.3, 0.4) is 0 Å². The lowest BCUT2D eigenvalue weighted by molar-refractivity contribution is -0.0562. The van der Waals surface area contributed by atoms with E-state index in [-0.39, 0.29) is 0 Å². The molecule has 0 aromatic carbocycles. The van der Waals surface area contributed by atoms with Gasteiger partial charge in [-0.15, -0.1) is 0 Å². The van der Waals surface area contributed by atoms with Crippen LogP contribution in [0.15, 0.2) is 0 Å². The quantitative estimate of drug-likeness (QED) is 0.291. The van der Waals surface area contributed by atoms with E-state index in [9.17, 15) is 0 Å². The zero-order chi connectivity index (χ0) is 22.5. The molecule has 0 rings (SSSR count). The van der Waals surface area contributed by atoms with Crippen molar-refractivity contribution >= 4 is 0 Å². The first-order valence-electron chi connectivity index (χ1n) is 12.7. The van der Waals surface area contributed by atoms with Crippen LogP contribution < -0.4 is 0 Å². The lowest BCUT2D eigenvalue weighted by Gasteiger charge is -2.54. The Balaban J connectivity index is 6.34. The first-order valence-corrected chi connectivity index (χ1v) is 12.7. The van der Waals surface area contributed by atoms with E-state index in [1.54, 1.807) is 0 Å². The molecule has 0 saturated carbocycles. The Hall–Kier alpha value is 0. The molecule has 0 aromatic rings. The molecule has 0 aliphatic carbocycles. The van der Waals surface area contributed by atoms with Crippen molar-refractivity contribution in [2.45, 2.75) is 129 Å². The fourth-order valence-corrected chi connectivity index (χ4v) is 6.24. The Bertz CT molecular complexity index is 429. The van der Waals surface area contributed by atoms with E-state index in [4.69, 9.17) is 0 Å². The van der Waals surface area contributed by atoms with Crippen LogP contribution >= 0.6 is 0 Å². The highest BCUT2D eigenvalue weighted by Crippen LogP contribution is 2.55. The Morgan fingerprint density at radius 2 is 1.00 bits per heavy atom. The van der Waals surface area contributed by atoms with Crippen molar-refractivity contribution in [3.8, 4) is 0 Å². The van der Waals surface area contributed by atoms with Crippen molar-refractivity contribution < 1.29 is 0 Å². The topological polar surface area (TPSA) is 0 Å². The SMILES string of the molecule is CCC(C)C(C)(CC)C(C(C)C(C)C(C)(C)CC)C(C)C(C)C(C)(CC)CC. The average Bonchev–Trinajstić information content (AvgIpc) is 2.70. The van der Waals surface area contributed by atoms with Gasteiger partial charge in [-0.3, -0.25) is 0 Å². The predicted molar refractivity (Wildman–Crippen MR) is 131 cm³/mol. The molecule has 0 fully saturated rings. The van der Waals surface area contributed by atoms with Crippen molar-refractivity contribution in [1.29, 1.82) is 0 Å². The number of hydrogen-bond donors (Lipinski definition) is 0. The molecule has 0 saturated heterocycles. The maximum Gasteiger partial charge on any atom is -0.0269 e. The van der Waals surface area contributed by atoms with E-state index in [2.05, 4.69) is 96.9 Å². The first kappa shape index (κ1) is 28.0. The zero-order valence-electron chi connectivity index (χ0n) is 22.5.